The SMILES string of the molecule is C=CCN1C(=O)C(=CC(=CN(C)C)Oc2ccccc2)C(=O)NC1=S. The Balaban J connectivity index is 2.36. The summed E-state index contributed by atoms with van der Waals surface area (Å²) in [6, 6.07) is 9.09. The largest absolute Gasteiger partial charge is 0.456 e. The second kappa shape index (κ2) is 8.25. The number of amides is 2. The number of carbonyl (C=O) groups is 2. The Bertz CT molecular complexity index is 754. The number of para-hydroxylation sites is 1. The Morgan fingerprint density at radius 2 is 2.00 bits per heavy atom. The highest BCUT2D eigenvalue weighted by Gasteiger charge is 2.33. The smallest absolute Gasteiger partial charge is 0.266 e. The zero-order chi connectivity index (χ0) is 18.4. The molecule has 1 fully saturated rings. The monoisotopic (exact) mass is 357 g/mol. The lowest BCUT2D eigenvalue weighted by molar-refractivity contribution is -0.128. The first kappa shape index (κ1) is 18.4. The maximum absolute atomic E-state index is 12.6. The topological polar surface area (TPSA) is 61.9 Å². The highest BCUT2D eigenvalue weighted by atomic mass is 32.1. The molecule has 1 N–H and O–H groups in total. The lowest BCUT2D eigenvalue weighted by Crippen LogP contribution is -2.54. The van der Waals surface area contributed by atoms with Crippen LogP contribution in [-0.4, -0.2) is 47.4 Å². The van der Waals surface area contributed by atoms with Gasteiger partial charge < -0.3 is 9.64 Å². The summed E-state index contributed by atoms with van der Waals surface area (Å²) in [6.07, 6.45) is 4.62. The number of ether oxygens (including phenoxy) is 1. The molecule has 1 saturated heterocycles. The molecule has 2 rings (SSSR count). The molecule has 6 nitrogen and oxygen atoms in total. The maximum atomic E-state index is 12.6. The minimum atomic E-state index is -0.559. The Kier molecular flexibility index (Phi) is 6.08. The van der Waals surface area contributed by atoms with Gasteiger partial charge in [-0.25, -0.2) is 0 Å². The molecule has 0 bridgehead atoms. The summed E-state index contributed by atoms with van der Waals surface area (Å²) in [7, 11) is 3.63. The van der Waals surface area contributed by atoms with Crippen molar-refractivity contribution in [2.24, 2.45) is 0 Å². The molecule has 2 amide bonds. The van der Waals surface area contributed by atoms with Crippen molar-refractivity contribution in [2.75, 3.05) is 20.6 Å². The predicted octanol–water partition coefficient (Wildman–Crippen LogP) is 1.82. The summed E-state index contributed by atoms with van der Waals surface area (Å²) < 4.78 is 5.79. The molecule has 0 aromatic heterocycles. The second-order valence-corrected chi connectivity index (χ2v) is 5.82. The molecule has 0 radical (unpaired) electrons. The van der Waals surface area contributed by atoms with E-state index < -0.39 is 11.8 Å². The van der Waals surface area contributed by atoms with Gasteiger partial charge >= 0.3 is 0 Å². The number of nitrogens with zero attached hydrogens (tertiary/aromatic N) is 2. The van der Waals surface area contributed by atoms with Crippen molar-refractivity contribution >= 4 is 29.1 Å². The lowest BCUT2D eigenvalue weighted by Gasteiger charge is -2.28. The lowest BCUT2D eigenvalue weighted by atomic mass is 10.1. The molecule has 0 atom stereocenters. The van der Waals surface area contributed by atoms with E-state index in [9.17, 15) is 9.59 Å². The van der Waals surface area contributed by atoms with Crippen LogP contribution in [0.3, 0.4) is 0 Å². The molecule has 7 heteroatoms. The third-order valence-corrected chi connectivity index (χ3v) is 3.47. The van der Waals surface area contributed by atoms with E-state index in [1.165, 1.54) is 17.1 Å². The van der Waals surface area contributed by atoms with Crippen LogP contribution >= 0.6 is 12.2 Å². The van der Waals surface area contributed by atoms with Crippen LogP contribution in [0.15, 0.2) is 66.6 Å². The first-order valence-corrected chi connectivity index (χ1v) is 7.94. The van der Waals surface area contributed by atoms with Gasteiger partial charge in [0.1, 0.15) is 17.1 Å². The first-order valence-electron chi connectivity index (χ1n) is 7.53. The molecule has 130 valence electrons. The zero-order valence-electron chi connectivity index (χ0n) is 14.1. The molecule has 0 unspecified atom stereocenters. The van der Waals surface area contributed by atoms with Crippen molar-refractivity contribution in [1.29, 1.82) is 0 Å². The summed E-state index contributed by atoms with van der Waals surface area (Å²) in [5.41, 5.74) is -0.0560. The quantitative estimate of drug-likeness (QED) is 0.277. The Morgan fingerprint density at radius 3 is 2.60 bits per heavy atom. The fourth-order valence-electron chi connectivity index (χ4n) is 2.10. The fourth-order valence-corrected chi connectivity index (χ4v) is 2.35. The van der Waals surface area contributed by atoms with Crippen molar-refractivity contribution in [3.05, 3.63) is 66.6 Å². The molecule has 1 aliphatic rings. The average molecular weight is 357 g/mol. The van der Waals surface area contributed by atoms with Gasteiger partial charge in [-0.2, -0.15) is 0 Å². The average Bonchev–Trinajstić information content (AvgIpc) is 2.55. The summed E-state index contributed by atoms with van der Waals surface area (Å²) in [6.45, 7) is 3.81. The summed E-state index contributed by atoms with van der Waals surface area (Å²) in [5.74, 6) is -0.109. The van der Waals surface area contributed by atoms with E-state index in [0.29, 0.717) is 11.5 Å². The molecule has 1 aromatic carbocycles. The molecule has 0 saturated carbocycles. The van der Waals surface area contributed by atoms with Crippen LogP contribution < -0.4 is 10.1 Å². The zero-order valence-corrected chi connectivity index (χ0v) is 14.9. The standard InChI is InChI=1S/C18H19N3O3S/c1-4-10-21-17(23)15(16(22)19-18(21)25)11-14(12-20(2)3)24-13-8-6-5-7-9-13/h4-9,11-12H,1,10H2,2-3H3,(H,19,22,25). The van der Waals surface area contributed by atoms with E-state index in [0.717, 1.165) is 0 Å². The van der Waals surface area contributed by atoms with E-state index >= 15 is 0 Å². The van der Waals surface area contributed by atoms with Crippen LogP contribution in [0.5, 0.6) is 5.75 Å². The maximum Gasteiger partial charge on any atom is 0.266 e. The summed E-state index contributed by atoms with van der Waals surface area (Å²) >= 11 is 5.03. The molecule has 1 aliphatic heterocycles. The Morgan fingerprint density at radius 1 is 1.32 bits per heavy atom. The Labute approximate surface area is 152 Å². The molecule has 1 aromatic rings. The number of hydrogen-bond acceptors (Lipinski definition) is 5. The third-order valence-electron chi connectivity index (χ3n) is 3.15. The van der Waals surface area contributed by atoms with Crippen molar-refractivity contribution in [2.45, 2.75) is 0 Å². The number of nitrogens with one attached hydrogen (secondary N) is 1. The summed E-state index contributed by atoms with van der Waals surface area (Å²) in [5, 5.41) is 2.57. The molecule has 0 spiro atoms. The van der Waals surface area contributed by atoms with E-state index in [4.69, 9.17) is 17.0 Å². The van der Waals surface area contributed by atoms with E-state index in [1.54, 1.807) is 23.2 Å². The highest BCUT2D eigenvalue weighted by Crippen LogP contribution is 2.17. The summed E-state index contributed by atoms with van der Waals surface area (Å²) in [4.78, 5) is 27.8. The van der Waals surface area contributed by atoms with Crippen LogP contribution in [0.25, 0.3) is 0 Å². The molecular formula is C18H19N3O3S. The number of hydrogen-bond donors (Lipinski definition) is 1. The van der Waals surface area contributed by atoms with Gasteiger partial charge in [0.2, 0.25) is 0 Å². The van der Waals surface area contributed by atoms with Gasteiger partial charge in [-0.3, -0.25) is 19.8 Å². The fraction of sp³-hybridized carbons (Fsp3) is 0.167. The van der Waals surface area contributed by atoms with Crippen molar-refractivity contribution in [3.63, 3.8) is 0 Å². The normalized spacial score (nSPS) is 16.7. The van der Waals surface area contributed by atoms with Gasteiger partial charge in [0, 0.05) is 32.9 Å². The van der Waals surface area contributed by atoms with E-state index in [2.05, 4.69) is 11.9 Å². The van der Waals surface area contributed by atoms with Crippen LogP contribution in [0.1, 0.15) is 0 Å². The number of allylic oxidation sites excluding steroid dienone is 1. The van der Waals surface area contributed by atoms with Gasteiger partial charge in [0.25, 0.3) is 11.8 Å². The van der Waals surface area contributed by atoms with Crippen LogP contribution in [-0.2, 0) is 9.59 Å². The number of rotatable bonds is 6. The highest BCUT2D eigenvalue weighted by molar-refractivity contribution is 7.80. The van der Waals surface area contributed by atoms with Gasteiger partial charge in [0.05, 0.1) is 0 Å². The minimum Gasteiger partial charge on any atom is -0.456 e. The van der Waals surface area contributed by atoms with Crippen LogP contribution in [0, 0.1) is 0 Å². The van der Waals surface area contributed by atoms with Crippen LogP contribution in [0.2, 0.25) is 0 Å². The molecule has 1 heterocycles. The molecule has 25 heavy (non-hydrogen) atoms. The molecule has 0 aliphatic carbocycles. The first-order chi connectivity index (χ1) is 11.9. The van der Waals surface area contributed by atoms with Gasteiger partial charge in [-0.1, -0.05) is 24.3 Å². The van der Waals surface area contributed by atoms with Crippen molar-refractivity contribution in [1.82, 2.24) is 15.1 Å². The van der Waals surface area contributed by atoms with Gasteiger partial charge in [-0.15, -0.1) is 6.58 Å². The third kappa shape index (κ3) is 4.77. The van der Waals surface area contributed by atoms with Crippen LogP contribution in [0.4, 0.5) is 0 Å². The number of benzene rings is 1. The van der Waals surface area contributed by atoms with Gasteiger partial charge in [-0.05, 0) is 24.4 Å². The van der Waals surface area contributed by atoms with Gasteiger partial charge in [0.15, 0.2) is 5.11 Å². The second-order valence-electron chi connectivity index (χ2n) is 5.43. The Hall–Kier alpha value is -2.93. The molecular weight excluding hydrogens is 338 g/mol. The number of thiocarbonyl (C=S) groups is 1. The number of carbonyl (C=O) groups excluding carboxylic acids is 2. The van der Waals surface area contributed by atoms with Crippen molar-refractivity contribution < 1.29 is 14.3 Å². The minimum absolute atomic E-state index is 0.0560. The predicted molar refractivity (Wildman–Crippen MR) is 99.6 cm³/mol. The van der Waals surface area contributed by atoms with E-state index in [1.807, 2.05) is 32.3 Å². The van der Waals surface area contributed by atoms with Crippen molar-refractivity contribution in [3.8, 4) is 5.75 Å². The van der Waals surface area contributed by atoms with E-state index in [-0.39, 0.29) is 17.2 Å².